The largest absolute Gasteiger partial charge is 0.422 e. The molecular formula is C39H34N4O5. The number of para-hydroxylation sites is 1. The highest BCUT2D eigenvalue weighted by Crippen LogP contribution is 2.39. The van der Waals surface area contributed by atoms with E-state index in [9.17, 15) is 19.2 Å². The predicted molar refractivity (Wildman–Crippen MR) is 186 cm³/mol. The Hall–Kier alpha value is -5.70. The Morgan fingerprint density at radius 2 is 1.67 bits per heavy atom. The summed E-state index contributed by atoms with van der Waals surface area (Å²) >= 11 is 0. The number of aromatic nitrogens is 1. The van der Waals surface area contributed by atoms with E-state index in [0.717, 1.165) is 29.8 Å². The van der Waals surface area contributed by atoms with Gasteiger partial charge in [-0.2, -0.15) is 0 Å². The Bertz CT molecular complexity index is 2220. The van der Waals surface area contributed by atoms with Crippen LogP contribution in [-0.2, 0) is 6.54 Å². The molecule has 2 unspecified atom stereocenters. The maximum atomic E-state index is 13.8. The minimum Gasteiger partial charge on any atom is -0.422 e. The highest BCUT2D eigenvalue weighted by atomic mass is 16.4. The molecule has 3 aromatic carbocycles. The van der Waals surface area contributed by atoms with Crippen LogP contribution in [0, 0.1) is 5.92 Å². The molecule has 5 aromatic rings. The van der Waals surface area contributed by atoms with Gasteiger partial charge in [-0.25, -0.2) is 4.79 Å². The lowest BCUT2D eigenvalue weighted by molar-refractivity contribution is 0.0772. The van der Waals surface area contributed by atoms with Crippen molar-refractivity contribution in [3.05, 3.63) is 146 Å². The average molecular weight is 639 g/mol. The van der Waals surface area contributed by atoms with Crippen molar-refractivity contribution in [2.45, 2.75) is 25.3 Å². The molecule has 2 amide bonds. The first-order valence-electron chi connectivity index (χ1n) is 16.4. The minimum atomic E-state index is -0.733. The highest BCUT2D eigenvalue weighted by molar-refractivity contribution is 6.08. The molecule has 0 spiro atoms. The molecule has 1 N–H and O–H groups in total. The lowest BCUT2D eigenvalue weighted by Gasteiger charge is -2.44. The van der Waals surface area contributed by atoms with Crippen LogP contribution in [0.5, 0.6) is 0 Å². The van der Waals surface area contributed by atoms with Crippen molar-refractivity contribution in [3.8, 4) is 0 Å². The zero-order valence-corrected chi connectivity index (χ0v) is 26.3. The normalized spacial score (nSPS) is 18.6. The number of carbonyl (C=O) groups excluding carboxylic acids is 2. The number of nitrogens with zero attached hydrogens (tertiary/aromatic N) is 3. The SMILES string of the molecule is O=C(Nc1cc(C(=O)N2CC=C(c3ccccc3)CC2)ccc1N1CC2CC(C1)c1cccc(=O)n1C2)c1cc2ccccc2oc1=O. The molecule has 9 heteroatoms. The summed E-state index contributed by atoms with van der Waals surface area (Å²) < 4.78 is 7.34. The Balaban J connectivity index is 1.12. The van der Waals surface area contributed by atoms with Gasteiger partial charge in [-0.3, -0.25) is 14.4 Å². The van der Waals surface area contributed by atoms with Gasteiger partial charge in [0.15, 0.2) is 0 Å². The lowest BCUT2D eigenvalue weighted by atomic mass is 9.83. The van der Waals surface area contributed by atoms with Crippen LogP contribution >= 0.6 is 0 Å². The van der Waals surface area contributed by atoms with E-state index in [-0.39, 0.29) is 28.9 Å². The van der Waals surface area contributed by atoms with Gasteiger partial charge in [-0.05, 0) is 66.3 Å². The smallest absolute Gasteiger partial charge is 0.349 e. The summed E-state index contributed by atoms with van der Waals surface area (Å²) in [6, 6.07) is 29.6. The number of piperidine rings is 1. The van der Waals surface area contributed by atoms with E-state index in [1.165, 1.54) is 11.6 Å². The van der Waals surface area contributed by atoms with Gasteiger partial charge in [-0.1, -0.05) is 60.7 Å². The topological polar surface area (TPSA) is 105 Å². The molecular weight excluding hydrogens is 604 g/mol. The van der Waals surface area contributed by atoms with Crippen molar-refractivity contribution in [1.82, 2.24) is 9.47 Å². The molecule has 0 saturated carbocycles. The van der Waals surface area contributed by atoms with Gasteiger partial charge in [-0.15, -0.1) is 0 Å². The zero-order chi connectivity index (χ0) is 32.8. The number of carbonyl (C=O) groups is 2. The van der Waals surface area contributed by atoms with E-state index < -0.39 is 11.5 Å². The number of rotatable bonds is 5. The Morgan fingerprint density at radius 1 is 0.833 bits per heavy atom. The first-order valence-corrected chi connectivity index (χ1v) is 16.4. The monoisotopic (exact) mass is 638 g/mol. The maximum Gasteiger partial charge on any atom is 0.349 e. The summed E-state index contributed by atoms with van der Waals surface area (Å²) in [5, 5.41) is 3.61. The fourth-order valence-corrected chi connectivity index (χ4v) is 7.50. The van der Waals surface area contributed by atoms with Crippen molar-refractivity contribution in [3.63, 3.8) is 0 Å². The second-order valence-electron chi connectivity index (χ2n) is 12.9. The minimum absolute atomic E-state index is 0.0177. The maximum absolute atomic E-state index is 13.8. The predicted octanol–water partition coefficient (Wildman–Crippen LogP) is 5.76. The van der Waals surface area contributed by atoms with Gasteiger partial charge in [0.2, 0.25) is 0 Å². The Labute approximate surface area is 276 Å². The quantitative estimate of drug-likeness (QED) is 0.246. The Morgan fingerprint density at radius 3 is 2.50 bits per heavy atom. The fraction of sp³-hybridized carbons (Fsp3) is 0.231. The van der Waals surface area contributed by atoms with E-state index in [2.05, 4.69) is 28.4 Å². The molecule has 2 aromatic heterocycles. The van der Waals surface area contributed by atoms with Gasteiger partial charge in [0.05, 0.1) is 11.4 Å². The summed E-state index contributed by atoms with van der Waals surface area (Å²) in [5.41, 5.74) is 4.62. The third-order valence-electron chi connectivity index (χ3n) is 9.84. The van der Waals surface area contributed by atoms with Crippen LogP contribution in [0.2, 0.25) is 0 Å². The van der Waals surface area contributed by atoms with Crippen molar-refractivity contribution >= 4 is 39.7 Å². The number of fused-ring (bicyclic) bond motifs is 5. The van der Waals surface area contributed by atoms with E-state index in [0.29, 0.717) is 54.9 Å². The Kier molecular flexibility index (Phi) is 7.51. The van der Waals surface area contributed by atoms with Crippen LogP contribution < -0.4 is 21.4 Å². The van der Waals surface area contributed by atoms with Crippen LogP contribution in [0.25, 0.3) is 16.5 Å². The van der Waals surface area contributed by atoms with Crippen molar-refractivity contribution in [1.29, 1.82) is 0 Å². The van der Waals surface area contributed by atoms with Crippen LogP contribution in [0.15, 0.2) is 117 Å². The first-order chi connectivity index (χ1) is 23.4. The highest BCUT2D eigenvalue weighted by Gasteiger charge is 2.35. The van der Waals surface area contributed by atoms with Crippen molar-refractivity contribution in [2.75, 3.05) is 36.4 Å². The molecule has 3 aliphatic heterocycles. The number of benzene rings is 3. The third kappa shape index (κ3) is 5.51. The number of nitrogens with one attached hydrogen (secondary N) is 1. The van der Waals surface area contributed by atoms with Gasteiger partial charge >= 0.3 is 5.63 Å². The van der Waals surface area contributed by atoms with Crippen LogP contribution in [0.1, 0.15) is 50.7 Å². The number of amides is 2. The van der Waals surface area contributed by atoms with Gasteiger partial charge in [0, 0.05) is 61.4 Å². The molecule has 8 rings (SSSR count). The van der Waals surface area contributed by atoms with Crippen LogP contribution in [-0.4, -0.2) is 47.5 Å². The van der Waals surface area contributed by atoms with E-state index in [4.69, 9.17) is 4.42 Å². The second-order valence-corrected chi connectivity index (χ2v) is 12.9. The third-order valence-corrected chi connectivity index (χ3v) is 9.84. The number of pyridine rings is 1. The van der Waals surface area contributed by atoms with Gasteiger partial charge in [0.1, 0.15) is 11.1 Å². The van der Waals surface area contributed by atoms with Gasteiger partial charge in [0.25, 0.3) is 17.4 Å². The average Bonchev–Trinajstić information content (AvgIpc) is 3.12. The molecule has 5 heterocycles. The standard InChI is InChI=1S/C39H34N4O5/c44-36-12-6-10-33-30-19-25(23-43(33)36)22-42(24-30)34-14-13-29(38(46)41-17-15-27(16-18-41)26-7-2-1-3-8-26)21-32(34)40-37(45)31-20-28-9-4-5-11-35(28)48-39(31)47/h1-15,20-21,25,30H,16-19,22-24H2,(H,40,45). The van der Waals surface area contributed by atoms with Crippen molar-refractivity contribution < 1.29 is 14.0 Å². The molecule has 9 nitrogen and oxygen atoms in total. The van der Waals surface area contributed by atoms with Gasteiger partial charge < -0.3 is 24.1 Å². The van der Waals surface area contributed by atoms with Crippen LogP contribution in [0.3, 0.4) is 0 Å². The molecule has 48 heavy (non-hydrogen) atoms. The molecule has 240 valence electrons. The molecule has 2 atom stereocenters. The van der Waals surface area contributed by atoms with Crippen LogP contribution in [0.4, 0.5) is 11.4 Å². The summed E-state index contributed by atoms with van der Waals surface area (Å²) in [6.07, 6.45) is 3.82. The van der Waals surface area contributed by atoms with E-state index in [1.54, 1.807) is 30.3 Å². The molecule has 2 bridgehead atoms. The van der Waals surface area contributed by atoms with E-state index >= 15 is 0 Å². The van der Waals surface area contributed by atoms with E-state index in [1.807, 2.05) is 58.0 Å². The first kappa shape index (κ1) is 29.7. The lowest BCUT2D eigenvalue weighted by Crippen LogP contribution is -2.47. The summed E-state index contributed by atoms with van der Waals surface area (Å²) in [5.74, 6) is -0.354. The summed E-state index contributed by atoms with van der Waals surface area (Å²) in [4.78, 5) is 57.1. The molecule has 0 aliphatic carbocycles. The molecule has 1 saturated heterocycles. The number of hydrogen-bond donors (Lipinski definition) is 1. The summed E-state index contributed by atoms with van der Waals surface area (Å²) in [6.45, 7) is 3.03. The number of anilines is 2. The summed E-state index contributed by atoms with van der Waals surface area (Å²) in [7, 11) is 0. The van der Waals surface area contributed by atoms with Crippen molar-refractivity contribution in [2.24, 2.45) is 5.92 Å². The second kappa shape index (κ2) is 12.2. The number of hydrogen-bond acceptors (Lipinski definition) is 6. The molecule has 1 fully saturated rings. The molecule has 3 aliphatic rings. The zero-order valence-electron chi connectivity index (χ0n) is 26.3. The fourth-order valence-electron chi connectivity index (χ4n) is 7.50. The molecule has 0 radical (unpaired) electrons.